The number of nitrogens with one attached hydrogen (secondary N) is 1. The highest BCUT2D eigenvalue weighted by Gasteiger charge is 2.37. The van der Waals surface area contributed by atoms with E-state index in [1.54, 1.807) is 6.92 Å². The van der Waals surface area contributed by atoms with Gasteiger partial charge in [0.15, 0.2) is 5.03 Å². The molecule has 32 heavy (non-hydrogen) atoms. The van der Waals surface area contributed by atoms with Crippen molar-refractivity contribution in [2.75, 3.05) is 10.7 Å². The number of hydrogen-bond donors (Lipinski definition) is 1. The molecule has 4 rings (SSSR count). The first kappa shape index (κ1) is 21.1. The lowest BCUT2D eigenvalue weighted by molar-refractivity contribution is -0.410. The van der Waals surface area contributed by atoms with Crippen molar-refractivity contribution in [3.05, 3.63) is 71.3 Å². The molecule has 1 aromatic heterocycles. The molecule has 0 saturated carbocycles. The van der Waals surface area contributed by atoms with E-state index in [1.165, 1.54) is 16.8 Å². The number of carbonyl (C=O) groups is 1. The number of amides is 1. The van der Waals surface area contributed by atoms with Crippen molar-refractivity contribution in [2.45, 2.75) is 24.1 Å². The Kier molecular flexibility index (Phi) is 5.63. The third kappa shape index (κ3) is 3.68. The van der Waals surface area contributed by atoms with Crippen LogP contribution in [0.15, 0.2) is 64.7 Å². The maximum atomic E-state index is 13.1. The summed E-state index contributed by atoms with van der Waals surface area (Å²) >= 11 is 1.17. The average molecular weight is 440 g/mol. The van der Waals surface area contributed by atoms with Gasteiger partial charge in [-0.1, -0.05) is 59.8 Å². The van der Waals surface area contributed by atoms with Gasteiger partial charge in [-0.15, -0.1) is 0 Å². The minimum absolute atomic E-state index is 0.143. The first-order chi connectivity index (χ1) is 15.4. The van der Waals surface area contributed by atoms with Crippen molar-refractivity contribution in [1.29, 1.82) is 10.5 Å². The van der Waals surface area contributed by atoms with Crippen LogP contribution in [0.5, 0.6) is 0 Å². The fraction of sp³-hybridized carbons (Fsp3) is 0.125. The molecule has 1 amide bonds. The number of aromatic amines is 1. The summed E-state index contributed by atoms with van der Waals surface area (Å²) in [6.45, 7) is 3.74. The van der Waals surface area contributed by atoms with E-state index in [0.29, 0.717) is 27.6 Å². The van der Waals surface area contributed by atoms with Gasteiger partial charge in [0.1, 0.15) is 28.5 Å². The summed E-state index contributed by atoms with van der Waals surface area (Å²) in [5.74, 6) is -0.0691. The van der Waals surface area contributed by atoms with Crippen molar-refractivity contribution in [2.24, 2.45) is 5.10 Å². The van der Waals surface area contributed by atoms with Crippen LogP contribution in [0.25, 0.3) is 11.1 Å². The monoisotopic (exact) mass is 439 g/mol. The number of hydrazone groups is 1. The Hall–Kier alpha value is -4.14. The van der Waals surface area contributed by atoms with Crippen molar-refractivity contribution >= 4 is 34.9 Å². The molecule has 0 spiro atoms. The molecule has 7 nitrogen and oxygen atoms in total. The van der Waals surface area contributed by atoms with Crippen molar-refractivity contribution < 1.29 is 9.78 Å². The highest BCUT2D eigenvalue weighted by Crippen LogP contribution is 2.37. The lowest BCUT2D eigenvalue weighted by Gasteiger charge is -2.15. The maximum absolute atomic E-state index is 13.1. The number of anilines is 2. The van der Waals surface area contributed by atoms with Crippen LogP contribution < -0.4 is 15.7 Å². The number of hydrogen-bond acceptors (Lipinski definition) is 6. The summed E-state index contributed by atoms with van der Waals surface area (Å²) in [4.78, 5) is 16.1. The molecule has 0 radical (unpaired) electrons. The molecule has 8 heteroatoms. The van der Waals surface area contributed by atoms with Crippen LogP contribution in [-0.4, -0.2) is 16.9 Å². The molecule has 0 fully saturated rings. The number of thioether (sulfide) groups is 1. The molecule has 0 bridgehead atoms. The zero-order chi connectivity index (χ0) is 22.8. The molecule has 2 aromatic carbocycles. The van der Waals surface area contributed by atoms with E-state index >= 15 is 0 Å². The van der Waals surface area contributed by atoms with Crippen LogP contribution in [0.2, 0.25) is 0 Å². The number of nitrogens with two attached hydrogens (primary N) is 1. The Balaban J connectivity index is 1.78. The first-order valence-electron chi connectivity index (χ1n) is 9.81. The second kappa shape index (κ2) is 8.54. The van der Waals surface area contributed by atoms with Gasteiger partial charge in [-0.05, 0) is 31.5 Å². The van der Waals surface area contributed by atoms with E-state index < -0.39 is 5.25 Å². The predicted molar refractivity (Wildman–Crippen MR) is 124 cm³/mol. The number of aryl methyl sites for hydroxylation is 1. The summed E-state index contributed by atoms with van der Waals surface area (Å²) in [7, 11) is 0. The topological polar surface area (TPSA) is 120 Å². The van der Waals surface area contributed by atoms with Gasteiger partial charge in [0, 0.05) is 5.56 Å². The minimum Gasteiger partial charge on any atom is -0.286 e. The quantitative estimate of drug-likeness (QED) is 0.665. The zero-order valence-corrected chi connectivity index (χ0v) is 18.3. The Bertz CT molecular complexity index is 1320. The molecule has 0 aliphatic carbocycles. The lowest BCUT2D eigenvalue weighted by Crippen LogP contribution is -2.30. The van der Waals surface area contributed by atoms with E-state index in [1.807, 2.05) is 61.5 Å². The van der Waals surface area contributed by atoms with Gasteiger partial charge in [-0.2, -0.15) is 20.6 Å². The Morgan fingerprint density at radius 2 is 1.69 bits per heavy atom. The molecule has 1 aliphatic heterocycles. The zero-order valence-electron chi connectivity index (χ0n) is 17.5. The smallest absolute Gasteiger partial charge is 0.286 e. The summed E-state index contributed by atoms with van der Waals surface area (Å²) in [6, 6.07) is 21.0. The number of H-pyrrole nitrogens is 1. The van der Waals surface area contributed by atoms with Crippen LogP contribution in [-0.2, 0) is 4.79 Å². The van der Waals surface area contributed by atoms with Crippen LogP contribution in [0.1, 0.15) is 23.6 Å². The number of nitrogens with zero attached hydrogens (tertiary/aromatic N) is 4. The van der Waals surface area contributed by atoms with Crippen LogP contribution in [0.3, 0.4) is 0 Å². The fourth-order valence-electron chi connectivity index (χ4n) is 3.50. The standard InChI is InChI=1S/C24H18N6OS/c1-14-8-10-16(11-9-14)20-18(12-25)22(27)28-23(19(20)13-26)32-21-15(2)29-30(24(21)31)17-6-4-3-5-7-17/h3-11,21H,1-2H3,(H2,27,28)/p+1/t21-/m1/s1. The number of aromatic nitrogens is 1. The van der Waals surface area contributed by atoms with E-state index in [0.717, 1.165) is 5.56 Å². The number of pyridine rings is 1. The van der Waals surface area contributed by atoms with Gasteiger partial charge in [0.2, 0.25) is 0 Å². The maximum Gasteiger partial charge on any atom is 0.289 e. The van der Waals surface area contributed by atoms with Crippen molar-refractivity contribution in [3.63, 3.8) is 0 Å². The number of carbonyl (C=O) groups excluding carboxylic acids is 1. The number of nitriles is 2. The van der Waals surface area contributed by atoms with Gasteiger partial charge in [-0.25, -0.2) is 4.98 Å². The molecule has 3 N–H and O–H groups in total. The highest BCUT2D eigenvalue weighted by molar-refractivity contribution is 8.01. The first-order valence-corrected chi connectivity index (χ1v) is 10.7. The summed E-state index contributed by atoms with van der Waals surface area (Å²) in [5.41, 5.74) is 10.1. The number of rotatable bonds is 4. The van der Waals surface area contributed by atoms with Crippen LogP contribution in [0, 0.1) is 29.6 Å². The van der Waals surface area contributed by atoms with E-state index in [2.05, 4.69) is 22.2 Å². The van der Waals surface area contributed by atoms with Crippen molar-refractivity contribution in [1.82, 2.24) is 0 Å². The predicted octanol–water partition coefficient (Wildman–Crippen LogP) is 3.69. The molecular weight excluding hydrogens is 420 g/mol. The number of benzene rings is 2. The van der Waals surface area contributed by atoms with Gasteiger partial charge < -0.3 is 0 Å². The molecule has 156 valence electrons. The van der Waals surface area contributed by atoms with E-state index in [-0.39, 0.29) is 22.9 Å². The third-order valence-electron chi connectivity index (χ3n) is 5.12. The van der Waals surface area contributed by atoms with Gasteiger partial charge in [0.05, 0.1) is 11.4 Å². The SMILES string of the molecule is CC1=NN(c2ccccc2)C(=O)[C@@H]1Sc1[nH+]c(N)c(C#N)c(-c2ccc(C)cc2)c1C#N. The van der Waals surface area contributed by atoms with Crippen LogP contribution >= 0.6 is 11.8 Å². The molecule has 0 saturated heterocycles. The molecule has 1 aliphatic rings. The average Bonchev–Trinajstić information content (AvgIpc) is 3.08. The van der Waals surface area contributed by atoms with Gasteiger partial charge in [-0.3, -0.25) is 10.5 Å². The summed E-state index contributed by atoms with van der Waals surface area (Å²) in [5, 5.41) is 25.3. The van der Waals surface area contributed by atoms with Gasteiger partial charge in [0.25, 0.3) is 11.7 Å². The molecular formula is C24H19N6OS+. The fourth-order valence-corrected chi connectivity index (χ4v) is 4.59. The Morgan fingerprint density at radius 3 is 2.31 bits per heavy atom. The van der Waals surface area contributed by atoms with Crippen molar-refractivity contribution in [3.8, 4) is 23.3 Å². The number of para-hydroxylation sites is 1. The second-order valence-corrected chi connectivity index (χ2v) is 8.42. The van der Waals surface area contributed by atoms with Crippen LogP contribution in [0.4, 0.5) is 11.5 Å². The lowest BCUT2D eigenvalue weighted by atomic mass is 9.96. The van der Waals surface area contributed by atoms with E-state index in [9.17, 15) is 15.3 Å². The van der Waals surface area contributed by atoms with E-state index in [4.69, 9.17) is 5.73 Å². The Labute approximate surface area is 189 Å². The van der Waals surface area contributed by atoms with Gasteiger partial charge >= 0.3 is 0 Å². The summed E-state index contributed by atoms with van der Waals surface area (Å²) in [6.07, 6.45) is 0. The normalized spacial score (nSPS) is 15.2. The second-order valence-electron chi connectivity index (χ2n) is 7.31. The molecule has 3 aromatic rings. The molecule has 2 heterocycles. The third-order valence-corrected chi connectivity index (χ3v) is 6.44. The largest absolute Gasteiger partial charge is 0.289 e. The number of nitrogen functional groups attached to an aromatic ring is 1. The Morgan fingerprint density at radius 1 is 1.03 bits per heavy atom. The molecule has 0 unspecified atom stereocenters. The summed E-state index contributed by atoms with van der Waals surface area (Å²) < 4.78 is 0. The highest BCUT2D eigenvalue weighted by atomic mass is 32.2. The molecule has 1 atom stereocenters. The minimum atomic E-state index is -0.628.